The first-order valence-corrected chi connectivity index (χ1v) is 8.23. The van der Waals surface area contributed by atoms with E-state index in [0.717, 1.165) is 0 Å². The number of rotatable bonds is 4. The number of halogens is 1. The van der Waals surface area contributed by atoms with Crippen LogP contribution in [-0.4, -0.2) is 53.1 Å². The van der Waals surface area contributed by atoms with E-state index in [1.807, 2.05) is 0 Å². The first-order chi connectivity index (χ1) is 11.8. The number of fused-ring (bicyclic) bond motifs is 1. The lowest BCUT2D eigenvalue weighted by atomic mass is 9.74. The van der Waals surface area contributed by atoms with Gasteiger partial charge in [-0.15, -0.1) is 0 Å². The largest absolute Gasteiger partial charge is 0.481 e. The Labute approximate surface area is 148 Å². The summed E-state index contributed by atoms with van der Waals surface area (Å²) >= 11 is 6.03. The molecule has 1 aromatic carbocycles. The van der Waals surface area contributed by atoms with Crippen LogP contribution in [0, 0.1) is 21.4 Å². The number of likely N-dealkylation sites (tertiary alicyclic amines) is 1. The SMILES string of the molecule is O=C(Cc1ccc([N+](=O)[O-])cc1Cl)N1C[C@H]2COCC[C@@]2(C(=O)O)C1. The number of benzene rings is 1. The number of nitrogens with zero attached hydrogens (tertiary/aromatic N) is 2. The average molecular weight is 369 g/mol. The van der Waals surface area contributed by atoms with Gasteiger partial charge >= 0.3 is 5.97 Å². The third kappa shape index (κ3) is 3.19. The van der Waals surface area contributed by atoms with Crippen molar-refractivity contribution >= 4 is 29.2 Å². The van der Waals surface area contributed by atoms with Crippen molar-refractivity contribution in [2.75, 3.05) is 26.3 Å². The number of carbonyl (C=O) groups is 2. The second kappa shape index (κ2) is 6.61. The van der Waals surface area contributed by atoms with Gasteiger partial charge in [-0.3, -0.25) is 19.7 Å². The molecule has 2 aliphatic rings. The first-order valence-electron chi connectivity index (χ1n) is 7.85. The van der Waals surface area contributed by atoms with Crippen LogP contribution < -0.4 is 0 Å². The monoisotopic (exact) mass is 368 g/mol. The predicted molar refractivity (Wildman–Crippen MR) is 87.4 cm³/mol. The molecule has 3 rings (SSSR count). The molecule has 0 saturated carbocycles. The summed E-state index contributed by atoms with van der Waals surface area (Å²) in [5.41, 5.74) is -0.615. The van der Waals surface area contributed by atoms with E-state index in [4.69, 9.17) is 16.3 Å². The Morgan fingerprint density at radius 2 is 2.24 bits per heavy atom. The highest BCUT2D eigenvalue weighted by atomic mass is 35.5. The number of nitro groups is 1. The molecule has 0 aromatic heterocycles. The van der Waals surface area contributed by atoms with Gasteiger partial charge in [0.05, 0.1) is 28.4 Å². The van der Waals surface area contributed by atoms with Crippen molar-refractivity contribution in [1.29, 1.82) is 0 Å². The van der Waals surface area contributed by atoms with Crippen molar-refractivity contribution in [3.8, 4) is 0 Å². The molecule has 134 valence electrons. The number of carboxylic acid groups (broad SMARTS) is 1. The van der Waals surface area contributed by atoms with Gasteiger partial charge in [-0.1, -0.05) is 17.7 Å². The highest BCUT2D eigenvalue weighted by Gasteiger charge is 2.54. The molecule has 2 atom stereocenters. The van der Waals surface area contributed by atoms with Gasteiger partial charge in [0, 0.05) is 37.7 Å². The second-order valence-corrected chi connectivity index (χ2v) is 6.87. The molecule has 1 N–H and O–H groups in total. The minimum atomic E-state index is -0.951. The normalized spacial score (nSPS) is 25.5. The lowest BCUT2D eigenvalue weighted by Crippen LogP contribution is -2.45. The van der Waals surface area contributed by atoms with Gasteiger partial charge in [0.25, 0.3) is 5.69 Å². The van der Waals surface area contributed by atoms with E-state index in [-0.39, 0.29) is 35.5 Å². The number of hydrogen-bond acceptors (Lipinski definition) is 5. The number of ether oxygens (including phenoxy) is 1. The van der Waals surface area contributed by atoms with E-state index >= 15 is 0 Å². The maximum atomic E-state index is 12.6. The quantitative estimate of drug-likeness (QED) is 0.640. The molecule has 2 fully saturated rings. The van der Waals surface area contributed by atoms with Crippen LogP contribution in [-0.2, 0) is 20.7 Å². The van der Waals surface area contributed by atoms with E-state index in [9.17, 15) is 24.8 Å². The molecule has 0 radical (unpaired) electrons. The summed E-state index contributed by atoms with van der Waals surface area (Å²) in [6.45, 7) is 1.18. The molecule has 8 nitrogen and oxygen atoms in total. The van der Waals surface area contributed by atoms with Crippen LogP contribution in [0.25, 0.3) is 0 Å². The number of aliphatic carboxylic acids is 1. The van der Waals surface area contributed by atoms with E-state index in [1.165, 1.54) is 23.1 Å². The number of carboxylic acids is 1. The molecule has 0 aliphatic carbocycles. The fourth-order valence-electron chi connectivity index (χ4n) is 3.56. The highest BCUT2D eigenvalue weighted by molar-refractivity contribution is 6.31. The summed E-state index contributed by atoms with van der Waals surface area (Å²) in [6.07, 6.45) is 0.356. The van der Waals surface area contributed by atoms with Crippen LogP contribution >= 0.6 is 11.6 Å². The van der Waals surface area contributed by atoms with Gasteiger partial charge in [-0.2, -0.15) is 0 Å². The summed E-state index contributed by atoms with van der Waals surface area (Å²) in [5, 5.41) is 20.5. The topological polar surface area (TPSA) is 110 Å². The summed E-state index contributed by atoms with van der Waals surface area (Å²) < 4.78 is 5.37. The lowest BCUT2D eigenvalue weighted by molar-refractivity contribution is -0.384. The molecule has 2 heterocycles. The molecule has 25 heavy (non-hydrogen) atoms. The minimum Gasteiger partial charge on any atom is -0.481 e. The molecule has 1 aromatic rings. The van der Waals surface area contributed by atoms with E-state index in [2.05, 4.69) is 0 Å². The molecule has 0 unspecified atom stereocenters. The zero-order valence-electron chi connectivity index (χ0n) is 13.3. The van der Waals surface area contributed by atoms with Crippen LogP contribution in [0.15, 0.2) is 18.2 Å². The van der Waals surface area contributed by atoms with Gasteiger partial charge in [-0.05, 0) is 12.0 Å². The smallest absolute Gasteiger partial charge is 0.311 e. The van der Waals surface area contributed by atoms with Crippen LogP contribution in [0.5, 0.6) is 0 Å². The third-order valence-corrected chi connectivity index (χ3v) is 5.43. The van der Waals surface area contributed by atoms with Gasteiger partial charge in [0.2, 0.25) is 5.91 Å². The van der Waals surface area contributed by atoms with Crippen LogP contribution in [0.2, 0.25) is 5.02 Å². The van der Waals surface area contributed by atoms with Crippen molar-refractivity contribution in [1.82, 2.24) is 4.90 Å². The molecule has 0 bridgehead atoms. The van der Waals surface area contributed by atoms with E-state index in [1.54, 1.807) is 0 Å². The summed E-state index contributed by atoms with van der Waals surface area (Å²) in [4.78, 5) is 36.1. The molecular weight excluding hydrogens is 352 g/mol. The Morgan fingerprint density at radius 3 is 2.84 bits per heavy atom. The number of non-ortho nitro benzene ring substituents is 1. The molecular formula is C16H17ClN2O6. The maximum Gasteiger partial charge on any atom is 0.311 e. The summed E-state index contributed by atoms with van der Waals surface area (Å²) in [7, 11) is 0. The van der Waals surface area contributed by atoms with Crippen LogP contribution in [0.3, 0.4) is 0 Å². The van der Waals surface area contributed by atoms with Crippen molar-refractivity contribution in [2.24, 2.45) is 11.3 Å². The minimum absolute atomic E-state index is 0.0277. The molecule has 2 aliphatic heterocycles. The Balaban J connectivity index is 1.74. The average Bonchev–Trinajstić information content (AvgIpc) is 2.97. The van der Waals surface area contributed by atoms with Crippen LogP contribution in [0.1, 0.15) is 12.0 Å². The molecule has 0 spiro atoms. The number of nitro benzene ring substituents is 1. The Bertz CT molecular complexity index is 739. The standard InChI is InChI=1S/C16H17ClN2O6/c17-13-6-12(19(23)24)2-1-10(13)5-14(20)18-7-11-8-25-4-3-16(11,9-18)15(21)22/h1-2,6,11H,3-5,7-9H2,(H,21,22)/t11-,16+/m0/s1. The lowest BCUT2D eigenvalue weighted by Gasteiger charge is -2.33. The maximum absolute atomic E-state index is 12.6. The first kappa shape index (κ1) is 17.6. The van der Waals surface area contributed by atoms with Gasteiger partial charge in [-0.25, -0.2) is 0 Å². The Hall–Kier alpha value is -2.19. The Kier molecular flexibility index (Phi) is 4.66. The number of hydrogen-bond donors (Lipinski definition) is 1. The third-order valence-electron chi connectivity index (χ3n) is 5.07. The van der Waals surface area contributed by atoms with Crippen molar-refractivity contribution in [2.45, 2.75) is 12.8 Å². The van der Waals surface area contributed by atoms with Gasteiger partial charge in [0.15, 0.2) is 0 Å². The Morgan fingerprint density at radius 1 is 1.48 bits per heavy atom. The van der Waals surface area contributed by atoms with Crippen molar-refractivity contribution in [3.63, 3.8) is 0 Å². The van der Waals surface area contributed by atoms with Gasteiger partial charge < -0.3 is 14.7 Å². The van der Waals surface area contributed by atoms with Crippen LogP contribution in [0.4, 0.5) is 5.69 Å². The molecule has 2 saturated heterocycles. The molecule has 9 heteroatoms. The fraction of sp³-hybridized carbons (Fsp3) is 0.500. The van der Waals surface area contributed by atoms with E-state index < -0.39 is 16.3 Å². The number of carbonyl (C=O) groups excluding carboxylic acids is 1. The number of amides is 1. The predicted octanol–water partition coefficient (Wildman–Crippen LogP) is 1.74. The second-order valence-electron chi connectivity index (χ2n) is 6.47. The van der Waals surface area contributed by atoms with Crippen molar-refractivity contribution < 1.29 is 24.4 Å². The van der Waals surface area contributed by atoms with Crippen molar-refractivity contribution in [3.05, 3.63) is 38.9 Å². The molecule has 1 amide bonds. The fourth-order valence-corrected chi connectivity index (χ4v) is 3.80. The van der Waals surface area contributed by atoms with Gasteiger partial charge in [0.1, 0.15) is 0 Å². The zero-order valence-corrected chi connectivity index (χ0v) is 14.1. The zero-order chi connectivity index (χ0) is 18.2. The van der Waals surface area contributed by atoms with E-state index in [0.29, 0.717) is 31.7 Å². The summed E-state index contributed by atoms with van der Waals surface area (Å²) in [6, 6.07) is 3.96. The highest BCUT2D eigenvalue weighted by Crippen LogP contribution is 2.42. The summed E-state index contributed by atoms with van der Waals surface area (Å²) in [5.74, 6) is -1.37.